The van der Waals surface area contributed by atoms with Gasteiger partial charge in [0.25, 0.3) is 0 Å². The molecule has 1 N–H and O–H groups in total. The lowest BCUT2D eigenvalue weighted by molar-refractivity contribution is 0.477. The zero-order valence-corrected chi connectivity index (χ0v) is 8.85. The summed E-state index contributed by atoms with van der Waals surface area (Å²) in [6.07, 6.45) is 3.57. The number of pyridine rings is 1. The highest BCUT2D eigenvalue weighted by Gasteiger charge is 2.10. The van der Waals surface area contributed by atoms with Gasteiger partial charge >= 0.3 is 0 Å². The molecule has 0 bridgehead atoms. The second-order valence-electron chi connectivity index (χ2n) is 3.35. The number of imidazole rings is 1. The standard InChI is InChI=1S/C11H7ClN2O2/c12-10-4-3-9(16-10)7-6-14-5-1-2-8(15)11(14)13-7/h1-6,15H. The number of fused-ring (bicyclic) bond motifs is 1. The summed E-state index contributed by atoms with van der Waals surface area (Å²) in [6.45, 7) is 0. The highest BCUT2D eigenvalue weighted by atomic mass is 35.5. The van der Waals surface area contributed by atoms with Gasteiger partial charge in [-0.1, -0.05) is 0 Å². The van der Waals surface area contributed by atoms with Gasteiger partial charge in [-0.15, -0.1) is 0 Å². The summed E-state index contributed by atoms with van der Waals surface area (Å²) >= 11 is 5.69. The van der Waals surface area contributed by atoms with Gasteiger partial charge in [-0.05, 0) is 35.9 Å². The Morgan fingerprint density at radius 3 is 2.88 bits per heavy atom. The second kappa shape index (κ2) is 3.28. The van der Waals surface area contributed by atoms with E-state index in [0.717, 1.165) is 0 Å². The molecule has 3 aromatic rings. The molecule has 3 rings (SSSR count). The maximum absolute atomic E-state index is 9.60. The molecule has 3 heterocycles. The van der Waals surface area contributed by atoms with E-state index in [-0.39, 0.29) is 5.75 Å². The van der Waals surface area contributed by atoms with Crippen LogP contribution in [0.3, 0.4) is 0 Å². The van der Waals surface area contributed by atoms with Crippen LogP contribution in [0.2, 0.25) is 5.22 Å². The van der Waals surface area contributed by atoms with Gasteiger partial charge in [0.2, 0.25) is 0 Å². The van der Waals surface area contributed by atoms with E-state index in [1.807, 2.05) is 0 Å². The van der Waals surface area contributed by atoms with Crippen molar-refractivity contribution in [3.63, 3.8) is 0 Å². The molecular weight excluding hydrogens is 228 g/mol. The van der Waals surface area contributed by atoms with Crippen molar-refractivity contribution >= 4 is 17.2 Å². The van der Waals surface area contributed by atoms with E-state index in [2.05, 4.69) is 4.98 Å². The third-order valence-corrected chi connectivity index (χ3v) is 2.49. The van der Waals surface area contributed by atoms with Crippen LogP contribution in [0.15, 0.2) is 41.1 Å². The molecule has 0 radical (unpaired) electrons. The van der Waals surface area contributed by atoms with E-state index in [4.69, 9.17) is 16.0 Å². The molecule has 0 unspecified atom stereocenters. The first-order valence-corrected chi connectivity index (χ1v) is 5.04. The molecular formula is C11H7ClN2O2. The Labute approximate surface area is 95.7 Å². The monoisotopic (exact) mass is 234 g/mol. The predicted molar refractivity (Wildman–Crippen MR) is 59.6 cm³/mol. The summed E-state index contributed by atoms with van der Waals surface area (Å²) in [5, 5.41) is 9.91. The van der Waals surface area contributed by atoms with Crippen LogP contribution in [0.5, 0.6) is 5.75 Å². The first-order valence-electron chi connectivity index (χ1n) is 4.66. The third-order valence-electron chi connectivity index (χ3n) is 2.29. The fraction of sp³-hybridized carbons (Fsp3) is 0. The lowest BCUT2D eigenvalue weighted by atomic mass is 10.4. The lowest BCUT2D eigenvalue weighted by Gasteiger charge is -1.92. The quantitative estimate of drug-likeness (QED) is 0.704. The van der Waals surface area contributed by atoms with Crippen molar-refractivity contribution in [2.45, 2.75) is 0 Å². The SMILES string of the molecule is Oc1cccn2cc(-c3ccc(Cl)o3)nc12. The van der Waals surface area contributed by atoms with Gasteiger partial charge in [0.15, 0.2) is 22.4 Å². The molecule has 5 heteroatoms. The van der Waals surface area contributed by atoms with Crippen molar-refractivity contribution in [3.8, 4) is 17.2 Å². The average Bonchev–Trinajstić information content (AvgIpc) is 2.84. The van der Waals surface area contributed by atoms with Gasteiger partial charge < -0.3 is 13.9 Å². The van der Waals surface area contributed by atoms with Gasteiger partial charge in [0.1, 0.15) is 5.69 Å². The Morgan fingerprint density at radius 2 is 2.19 bits per heavy atom. The van der Waals surface area contributed by atoms with E-state index in [1.165, 1.54) is 0 Å². The van der Waals surface area contributed by atoms with Crippen molar-refractivity contribution in [1.82, 2.24) is 9.38 Å². The predicted octanol–water partition coefficient (Wildman–Crippen LogP) is 2.95. The van der Waals surface area contributed by atoms with E-state index < -0.39 is 0 Å². The number of furan rings is 1. The number of halogens is 1. The number of nitrogens with zero attached hydrogens (tertiary/aromatic N) is 2. The fourth-order valence-electron chi connectivity index (χ4n) is 1.57. The highest BCUT2D eigenvalue weighted by molar-refractivity contribution is 6.28. The zero-order chi connectivity index (χ0) is 11.1. The third kappa shape index (κ3) is 1.35. The van der Waals surface area contributed by atoms with Crippen molar-refractivity contribution in [2.75, 3.05) is 0 Å². The number of hydrogen-bond donors (Lipinski definition) is 1. The fourth-order valence-corrected chi connectivity index (χ4v) is 1.71. The summed E-state index contributed by atoms with van der Waals surface area (Å²) in [5.74, 6) is 0.708. The zero-order valence-electron chi connectivity index (χ0n) is 8.09. The molecule has 80 valence electrons. The normalized spacial score (nSPS) is 11.1. The molecule has 0 atom stereocenters. The van der Waals surface area contributed by atoms with Gasteiger partial charge in [-0.3, -0.25) is 0 Å². The first-order chi connectivity index (χ1) is 7.74. The van der Waals surface area contributed by atoms with Crippen molar-refractivity contribution < 1.29 is 9.52 Å². The van der Waals surface area contributed by atoms with E-state index >= 15 is 0 Å². The molecule has 0 spiro atoms. The number of hydrogen-bond acceptors (Lipinski definition) is 3. The number of aromatic nitrogens is 2. The minimum Gasteiger partial charge on any atom is -0.504 e. The van der Waals surface area contributed by atoms with Gasteiger partial charge in [-0.2, -0.15) is 0 Å². The Balaban J connectivity index is 2.22. The summed E-state index contributed by atoms with van der Waals surface area (Å²) in [4.78, 5) is 4.26. The van der Waals surface area contributed by atoms with Crippen LogP contribution < -0.4 is 0 Å². The minimum atomic E-state index is 0.131. The molecule has 0 aliphatic carbocycles. The molecule has 0 aromatic carbocycles. The molecule has 0 saturated carbocycles. The summed E-state index contributed by atoms with van der Waals surface area (Å²) < 4.78 is 6.97. The topological polar surface area (TPSA) is 50.7 Å². The molecule has 16 heavy (non-hydrogen) atoms. The Hall–Kier alpha value is -1.94. The number of aromatic hydroxyl groups is 1. The van der Waals surface area contributed by atoms with Gasteiger partial charge in [0.05, 0.1) is 0 Å². The Morgan fingerprint density at radius 1 is 1.31 bits per heavy atom. The molecule has 4 nitrogen and oxygen atoms in total. The van der Waals surface area contributed by atoms with Crippen LogP contribution >= 0.6 is 11.6 Å². The molecule has 0 fully saturated rings. The lowest BCUT2D eigenvalue weighted by Crippen LogP contribution is -1.80. The highest BCUT2D eigenvalue weighted by Crippen LogP contribution is 2.26. The minimum absolute atomic E-state index is 0.131. The summed E-state index contributed by atoms with van der Waals surface area (Å²) in [5.41, 5.74) is 1.12. The van der Waals surface area contributed by atoms with Crippen LogP contribution in [-0.4, -0.2) is 14.5 Å². The van der Waals surface area contributed by atoms with Crippen molar-refractivity contribution in [1.29, 1.82) is 0 Å². The molecule has 0 amide bonds. The summed E-state index contributed by atoms with van der Waals surface area (Å²) in [6, 6.07) is 6.71. The summed E-state index contributed by atoms with van der Waals surface area (Å²) in [7, 11) is 0. The molecule has 0 aliphatic heterocycles. The van der Waals surface area contributed by atoms with Crippen LogP contribution in [-0.2, 0) is 0 Å². The van der Waals surface area contributed by atoms with Crippen molar-refractivity contribution in [3.05, 3.63) is 41.9 Å². The van der Waals surface area contributed by atoms with Crippen LogP contribution in [0, 0.1) is 0 Å². The van der Waals surface area contributed by atoms with Gasteiger partial charge in [-0.25, -0.2) is 4.98 Å². The second-order valence-corrected chi connectivity index (χ2v) is 3.73. The van der Waals surface area contributed by atoms with E-state index in [1.54, 1.807) is 41.1 Å². The smallest absolute Gasteiger partial charge is 0.194 e. The van der Waals surface area contributed by atoms with Crippen LogP contribution in [0.4, 0.5) is 0 Å². The van der Waals surface area contributed by atoms with Crippen molar-refractivity contribution in [2.24, 2.45) is 0 Å². The van der Waals surface area contributed by atoms with Gasteiger partial charge in [0, 0.05) is 12.4 Å². The first kappa shape index (κ1) is 9.30. The molecule has 0 aliphatic rings. The maximum atomic E-state index is 9.60. The van der Waals surface area contributed by atoms with Crippen LogP contribution in [0.1, 0.15) is 0 Å². The molecule has 3 aromatic heterocycles. The Bertz CT molecular complexity index is 657. The van der Waals surface area contributed by atoms with Crippen LogP contribution in [0.25, 0.3) is 17.1 Å². The average molecular weight is 235 g/mol. The maximum Gasteiger partial charge on any atom is 0.194 e. The number of rotatable bonds is 1. The largest absolute Gasteiger partial charge is 0.504 e. The van der Waals surface area contributed by atoms with E-state index in [0.29, 0.717) is 22.3 Å². The molecule has 0 saturated heterocycles. The van der Waals surface area contributed by atoms with E-state index in [9.17, 15) is 5.11 Å². The Kier molecular flexibility index (Phi) is 1.91.